The number of carbonyl (C=O) groups excluding carboxylic acids is 2. The molecular formula is C24H32N4O4. The minimum atomic E-state index is -0.0813. The fourth-order valence-electron chi connectivity index (χ4n) is 5.29. The number of morpholine rings is 1. The Morgan fingerprint density at radius 3 is 2.75 bits per heavy atom. The van der Waals surface area contributed by atoms with Crippen molar-refractivity contribution in [1.29, 1.82) is 0 Å². The van der Waals surface area contributed by atoms with E-state index in [-0.39, 0.29) is 24.4 Å². The van der Waals surface area contributed by atoms with Gasteiger partial charge >= 0.3 is 0 Å². The molecule has 5 rings (SSSR count). The van der Waals surface area contributed by atoms with Crippen molar-refractivity contribution >= 4 is 11.8 Å². The quantitative estimate of drug-likeness (QED) is 0.790. The van der Waals surface area contributed by atoms with Crippen molar-refractivity contribution in [3.8, 4) is 11.3 Å². The lowest BCUT2D eigenvalue weighted by Crippen LogP contribution is -2.42. The summed E-state index contributed by atoms with van der Waals surface area (Å²) in [7, 11) is 0. The lowest BCUT2D eigenvalue weighted by atomic mass is 9.86. The second kappa shape index (κ2) is 8.73. The number of hydrogen-bond donors (Lipinski definition) is 1. The molecule has 2 aromatic rings. The first-order valence-electron chi connectivity index (χ1n) is 11.9. The van der Waals surface area contributed by atoms with Crippen molar-refractivity contribution in [3.05, 3.63) is 28.8 Å². The maximum absolute atomic E-state index is 13.0. The lowest BCUT2D eigenvalue weighted by Gasteiger charge is -2.29. The molecule has 2 atom stereocenters. The first kappa shape index (κ1) is 21.2. The molecule has 32 heavy (non-hydrogen) atoms. The molecule has 3 heterocycles. The zero-order valence-corrected chi connectivity index (χ0v) is 19.0. The summed E-state index contributed by atoms with van der Waals surface area (Å²) in [5, 5.41) is 7.95. The largest absolute Gasteiger partial charge is 0.455 e. The predicted octanol–water partition coefficient (Wildman–Crippen LogP) is 2.72. The average molecular weight is 441 g/mol. The number of fused-ring (bicyclic) bond motifs is 3. The van der Waals surface area contributed by atoms with Crippen LogP contribution >= 0.6 is 0 Å². The number of nitrogens with one attached hydrogen (secondary N) is 1. The SMILES string of the molecule is Cc1c(C(=O)N2CCOCC2)oc2c1-c1nn(CC(=O)N[C@H]3CCCC[C@@H]3C)cc1CC2. The third-order valence-electron chi connectivity index (χ3n) is 7.17. The van der Waals surface area contributed by atoms with Gasteiger partial charge < -0.3 is 19.4 Å². The van der Waals surface area contributed by atoms with E-state index in [1.54, 1.807) is 9.58 Å². The molecule has 0 aromatic carbocycles. The molecule has 0 unspecified atom stereocenters. The Morgan fingerprint density at radius 1 is 1.19 bits per heavy atom. The highest BCUT2D eigenvalue weighted by Crippen LogP contribution is 2.38. The maximum Gasteiger partial charge on any atom is 0.290 e. The Labute approximate surface area is 188 Å². The van der Waals surface area contributed by atoms with Gasteiger partial charge in [-0.2, -0.15) is 5.10 Å². The van der Waals surface area contributed by atoms with Gasteiger partial charge in [-0.05, 0) is 37.7 Å². The molecule has 2 aliphatic carbocycles. The third-order valence-corrected chi connectivity index (χ3v) is 7.17. The van der Waals surface area contributed by atoms with Gasteiger partial charge in [0.25, 0.3) is 5.91 Å². The molecule has 8 nitrogen and oxygen atoms in total. The van der Waals surface area contributed by atoms with Gasteiger partial charge in [-0.1, -0.05) is 19.8 Å². The molecule has 1 saturated carbocycles. The van der Waals surface area contributed by atoms with Crippen LogP contribution in [0.2, 0.25) is 0 Å². The van der Waals surface area contributed by atoms with Crippen molar-refractivity contribution in [3.63, 3.8) is 0 Å². The van der Waals surface area contributed by atoms with Gasteiger partial charge in [0.1, 0.15) is 12.3 Å². The second-order valence-corrected chi connectivity index (χ2v) is 9.40. The summed E-state index contributed by atoms with van der Waals surface area (Å²) in [5.41, 5.74) is 3.70. The normalized spacial score (nSPS) is 22.9. The molecule has 2 fully saturated rings. The van der Waals surface area contributed by atoms with Crippen molar-refractivity contribution in [2.75, 3.05) is 26.3 Å². The summed E-state index contributed by atoms with van der Waals surface area (Å²) in [6, 6.07) is 0.262. The zero-order chi connectivity index (χ0) is 22.2. The van der Waals surface area contributed by atoms with Crippen LogP contribution in [0.25, 0.3) is 11.3 Å². The Hall–Kier alpha value is -2.61. The van der Waals surface area contributed by atoms with E-state index >= 15 is 0 Å². The molecule has 0 spiro atoms. The zero-order valence-electron chi connectivity index (χ0n) is 19.0. The van der Waals surface area contributed by atoms with Crippen molar-refractivity contribution < 1.29 is 18.7 Å². The van der Waals surface area contributed by atoms with Crippen molar-refractivity contribution in [2.24, 2.45) is 5.92 Å². The van der Waals surface area contributed by atoms with E-state index in [1.165, 1.54) is 19.3 Å². The summed E-state index contributed by atoms with van der Waals surface area (Å²) in [6.45, 7) is 6.64. The Balaban J connectivity index is 1.34. The summed E-state index contributed by atoms with van der Waals surface area (Å²) in [4.78, 5) is 27.5. The topological polar surface area (TPSA) is 89.6 Å². The van der Waals surface area contributed by atoms with Crippen LogP contribution in [-0.4, -0.2) is 58.8 Å². The van der Waals surface area contributed by atoms with E-state index in [0.29, 0.717) is 38.0 Å². The lowest BCUT2D eigenvalue weighted by molar-refractivity contribution is -0.123. The van der Waals surface area contributed by atoms with Gasteiger partial charge in [0, 0.05) is 42.9 Å². The molecule has 3 aliphatic rings. The minimum Gasteiger partial charge on any atom is -0.455 e. The fraction of sp³-hybridized carbons (Fsp3) is 0.625. The van der Waals surface area contributed by atoms with Crippen LogP contribution in [0.1, 0.15) is 60.0 Å². The van der Waals surface area contributed by atoms with Crippen molar-refractivity contribution in [2.45, 2.75) is 65.0 Å². The van der Waals surface area contributed by atoms with Crippen LogP contribution in [0.15, 0.2) is 10.6 Å². The number of aromatic nitrogens is 2. The van der Waals surface area contributed by atoms with E-state index in [0.717, 1.165) is 47.4 Å². The number of nitrogens with zero attached hydrogens (tertiary/aromatic N) is 3. The smallest absolute Gasteiger partial charge is 0.290 e. The molecule has 0 radical (unpaired) electrons. The Bertz CT molecular complexity index is 1020. The van der Waals surface area contributed by atoms with Crippen LogP contribution < -0.4 is 5.32 Å². The first-order valence-corrected chi connectivity index (χ1v) is 11.9. The van der Waals surface area contributed by atoms with Crippen LogP contribution in [0.4, 0.5) is 0 Å². The number of rotatable bonds is 4. The number of amides is 2. The van der Waals surface area contributed by atoms with E-state index in [4.69, 9.17) is 14.3 Å². The Morgan fingerprint density at radius 2 is 1.97 bits per heavy atom. The van der Waals surface area contributed by atoms with Gasteiger partial charge in [-0.25, -0.2) is 0 Å². The highest BCUT2D eigenvalue weighted by molar-refractivity contribution is 5.95. The van der Waals surface area contributed by atoms with E-state index in [2.05, 4.69) is 12.2 Å². The molecular weight excluding hydrogens is 408 g/mol. The number of carbonyl (C=O) groups is 2. The molecule has 1 N–H and O–H groups in total. The highest BCUT2D eigenvalue weighted by Gasteiger charge is 2.32. The molecule has 8 heteroatoms. The van der Waals surface area contributed by atoms with Gasteiger partial charge in [-0.3, -0.25) is 14.3 Å². The number of furan rings is 1. The van der Waals surface area contributed by atoms with Gasteiger partial charge in [0.15, 0.2) is 5.76 Å². The van der Waals surface area contributed by atoms with Crippen LogP contribution in [0, 0.1) is 12.8 Å². The molecule has 0 bridgehead atoms. The molecule has 1 saturated heterocycles. The van der Waals surface area contributed by atoms with Crippen LogP contribution in [0.3, 0.4) is 0 Å². The summed E-state index contributed by atoms with van der Waals surface area (Å²) in [6.07, 6.45) is 8.16. The monoisotopic (exact) mass is 440 g/mol. The maximum atomic E-state index is 13.0. The number of ether oxygens (including phenoxy) is 1. The van der Waals surface area contributed by atoms with Gasteiger partial charge in [0.05, 0.1) is 18.9 Å². The van der Waals surface area contributed by atoms with E-state index in [9.17, 15) is 9.59 Å². The predicted molar refractivity (Wildman–Crippen MR) is 118 cm³/mol. The standard InChI is InChI=1S/C24H32N4O4/c1-15-5-3-4-6-18(15)25-20(29)14-28-13-17-7-8-19-21(22(17)26-28)16(2)23(32-19)24(30)27-9-11-31-12-10-27/h13,15,18H,3-12,14H2,1-2H3,(H,25,29)/t15-,18-/m0/s1. The molecule has 1 aliphatic heterocycles. The average Bonchev–Trinajstić information content (AvgIpc) is 3.35. The van der Waals surface area contributed by atoms with Crippen LogP contribution in [-0.2, 0) is 28.9 Å². The minimum absolute atomic E-state index is 0.0101. The van der Waals surface area contributed by atoms with Crippen LogP contribution in [0.5, 0.6) is 0 Å². The Kier molecular flexibility index (Phi) is 5.80. The first-order chi connectivity index (χ1) is 15.5. The molecule has 2 aromatic heterocycles. The van der Waals surface area contributed by atoms with E-state index in [1.807, 2.05) is 13.1 Å². The molecule has 2 amide bonds. The second-order valence-electron chi connectivity index (χ2n) is 9.40. The third kappa shape index (κ3) is 3.96. The van der Waals surface area contributed by atoms with Crippen molar-refractivity contribution in [1.82, 2.24) is 20.0 Å². The fourth-order valence-corrected chi connectivity index (χ4v) is 5.29. The summed E-state index contributed by atoms with van der Waals surface area (Å²) in [5.74, 6) is 1.68. The molecule has 172 valence electrons. The van der Waals surface area contributed by atoms with Gasteiger partial charge in [-0.15, -0.1) is 0 Å². The summed E-state index contributed by atoms with van der Waals surface area (Å²) < 4.78 is 13.1. The van der Waals surface area contributed by atoms with Gasteiger partial charge in [0.2, 0.25) is 5.91 Å². The number of aryl methyl sites for hydroxylation is 2. The van der Waals surface area contributed by atoms with E-state index < -0.39 is 0 Å². The number of hydrogen-bond acceptors (Lipinski definition) is 5. The summed E-state index contributed by atoms with van der Waals surface area (Å²) >= 11 is 0. The highest BCUT2D eigenvalue weighted by atomic mass is 16.5.